The Morgan fingerprint density at radius 3 is 2.83 bits per heavy atom. The van der Waals surface area contributed by atoms with Crippen LogP contribution in [-0.4, -0.2) is 37.5 Å². The lowest BCUT2D eigenvalue weighted by molar-refractivity contribution is -0.144. The summed E-state index contributed by atoms with van der Waals surface area (Å²) in [6.07, 6.45) is 7.48. The van der Waals surface area contributed by atoms with Crippen molar-refractivity contribution < 1.29 is 14.6 Å². The second-order valence-electron chi connectivity index (χ2n) is 7.63. The highest BCUT2D eigenvalue weighted by Gasteiger charge is 2.63. The lowest BCUT2D eigenvalue weighted by Gasteiger charge is -2.49. The van der Waals surface area contributed by atoms with Gasteiger partial charge >= 0.3 is 5.97 Å². The van der Waals surface area contributed by atoms with Gasteiger partial charge in [-0.1, -0.05) is 12.5 Å². The van der Waals surface area contributed by atoms with Gasteiger partial charge in [0.25, 0.3) is 0 Å². The molecule has 0 bridgehead atoms. The fourth-order valence-electron chi connectivity index (χ4n) is 4.87. The van der Waals surface area contributed by atoms with E-state index in [1.54, 1.807) is 17.2 Å². The van der Waals surface area contributed by atoms with Crippen molar-refractivity contribution in [2.24, 2.45) is 11.3 Å². The molecule has 3 aliphatic rings. The highest BCUT2D eigenvalue weighted by molar-refractivity contribution is 5.78. The maximum absolute atomic E-state index is 12.5. The minimum absolute atomic E-state index is 0.0605. The Kier molecular flexibility index (Phi) is 3.17. The van der Waals surface area contributed by atoms with Crippen LogP contribution in [0.2, 0.25) is 0 Å². The predicted molar refractivity (Wildman–Crippen MR) is 82.2 cm³/mol. The van der Waals surface area contributed by atoms with Crippen molar-refractivity contribution in [2.75, 3.05) is 0 Å². The maximum atomic E-state index is 12.5. The summed E-state index contributed by atoms with van der Waals surface area (Å²) in [4.78, 5) is 12.5. The van der Waals surface area contributed by atoms with Gasteiger partial charge in [0.2, 0.25) is 0 Å². The molecule has 2 fully saturated rings. The van der Waals surface area contributed by atoms with Gasteiger partial charge < -0.3 is 14.4 Å². The molecule has 23 heavy (non-hydrogen) atoms. The highest BCUT2D eigenvalue weighted by Crippen LogP contribution is 2.57. The average Bonchev–Trinajstić information content (AvgIpc) is 3.09. The molecule has 124 valence electrons. The minimum Gasteiger partial charge on any atom is -0.454 e. The number of carbonyl (C=O) groups is 1. The van der Waals surface area contributed by atoms with E-state index in [1.165, 1.54) is 17.6 Å². The van der Waals surface area contributed by atoms with Gasteiger partial charge in [0, 0.05) is 6.54 Å². The van der Waals surface area contributed by atoms with Crippen molar-refractivity contribution in [3.05, 3.63) is 23.8 Å². The van der Waals surface area contributed by atoms with Crippen LogP contribution >= 0.6 is 0 Å². The molecule has 0 radical (unpaired) electrons. The summed E-state index contributed by atoms with van der Waals surface area (Å²) in [5.74, 6) is -0.864. The number of nitrogens with zero attached hydrogens (tertiary/aromatic N) is 3. The van der Waals surface area contributed by atoms with Crippen molar-refractivity contribution in [3.8, 4) is 0 Å². The molecular formula is C17H23N3O3. The van der Waals surface area contributed by atoms with Gasteiger partial charge in [-0.05, 0) is 50.0 Å². The molecule has 6 nitrogen and oxygen atoms in total. The molecular weight excluding hydrogens is 294 g/mol. The van der Waals surface area contributed by atoms with Gasteiger partial charge in [0.05, 0.1) is 0 Å². The number of carbonyl (C=O) groups excluding carboxylic acids is 1. The van der Waals surface area contributed by atoms with Gasteiger partial charge in [-0.15, -0.1) is 10.2 Å². The molecule has 0 amide bonds. The molecule has 1 aromatic heterocycles. The summed E-state index contributed by atoms with van der Waals surface area (Å²) in [6, 6.07) is 0. The lowest BCUT2D eigenvalue weighted by atomic mass is 9.58. The van der Waals surface area contributed by atoms with Crippen LogP contribution < -0.4 is 0 Å². The Morgan fingerprint density at radius 1 is 1.35 bits per heavy atom. The van der Waals surface area contributed by atoms with Gasteiger partial charge in [-0.2, -0.15) is 0 Å². The molecule has 4 atom stereocenters. The van der Waals surface area contributed by atoms with Crippen molar-refractivity contribution in [1.82, 2.24) is 14.8 Å². The molecule has 1 aliphatic heterocycles. The normalized spacial score (nSPS) is 39.9. The molecule has 1 aromatic rings. The summed E-state index contributed by atoms with van der Waals surface area (Å²) >= 11 is 0. The van der Waals surface area contributed by atoms with Gasteiger partial charge in [-0.3, -0.25) is 4.79 Å². The molecule has 4 rings (SSSR count). The molecule has 1 N–H and O–H groups in total. The van der Waals surface area contributed by atoms with Crippen LogP contribution in [0.15, 0.2) is 23.8 Å². The fourth-order valence-corrected chi connectivity index (χ4v) is 4.87. The zero-order chi connectivity index (χ0) is 16.2. The third kappa shape index (κ3) is 2.07. The van der Waals surface area contributed by atoms with E-state index in [2.05, 4.69) is 24.0 Å². The quantitative estimate of drug-likeness (QED) is 0.665. The number of hydrogen-bond donors (Lipinski definition) is 1. The number of aromatic nitrogens is 3. The van der Waals surface area contributed by atoms with Gasteiger partial charge in [0.15, 0.2) is 6.10 Å². The van der Waals surface area contributed by atoms with Crippen LogP contribution in [0.25, 0.3) is 0 Å². The van der Waals surface area contributed by atoms with Crippen LogP contribution in [0.5, 0.6) is 0 Å². The third-order valence-corrected chi connectivity index (χ3v) is 6.17. The first-order valence-electron chi connectivity index (χ1n) is 8.39. The molecule has 1 saturated carbocycles. The zero-order valence-corrected chi connectivity index (χ0v) is 13.7. The smallest absolute Gasteiger partial charge is 0.314 e. The van der Waals surface area contributed by atoms with Crippen LogP contribution in [0.3, 0.4) is 0 Å². The van der Waals surface area contributed by atoms with Crippen LogP contribution in [0, 0.1) is 11.3 Å². The number of ether oxygens (including phenoxy) is 1. The third-order valence-electron chi connectivity index (χ3n) is 6.17. The largest absolute Gasteiger partial charge is 0.454 e. The van der Waals surface area contributed by atoms with E-state index in [-0.39, 0.29) is 11.4 Å². The average molecular weight is 317 g/mol. The lowest BCUT2D eigenvalue weighted by Crippen LogP contribution is -2.53. The highest BCUT2D eigenvalue weighted by atomic mass is 16.6. The number of allylic oxidation sites excluding steroid dienone is 1. The Bertz CT molecular complexity index is 669. The number of fused-ring (bicyclic) bond motifs is 3. The Morgan fingerprint density at radius 2 is 2.09 bits per heavy atom. The molecule has 2 heterocycles. The van der Waals surface area contributed by atoms with Crippen molar-refractivity contribution in [3.63, 3.8) is 0 Å². The molecule has 0 aromatic carbocycles. The monoisotopic (exact) mass is 317 g/mol. The van der Waals surface area contributed by atoms with Crippen molar-refractivity contribution in [1.29, 1.82) is 0 Å². The number of rotatable bonds is 2. The summed E-state index contributed by atoms with van der Waals surface area (Å²) < 4.78 is 7.47. The number of aliphatic hydroxyl groups is 1. The van der Waals surface area contributed by atoms with E-state index in [4.69, 9.17) is 4.74 Å². The first-order chi connectivity index (χ1) is 10.9. The zero-order valence-electron chi connectivity index (χ0n) is 13.7. The molecule has 1 saturated heterocycles. The topological polar surface area (TPSA) is 77.2 Å². The first kappa shape index (κ1) is 14.9. The van der Waals surface area contributed by atoms with Gasteiger partial charge in [0.1, 0.15) is 24.2 Å². The van der Waals surface area contributed by atoms with Crippen LogP contribution in [-0.2, 0) is 16.1 Å². The van der Waals surface area contributed by atoms with Crippen LogP contribution in [0.4, 0.5) is 0 Å². The number of esters is 1. The molecule has 6 heteroatoms. The Labute approximate surface area is 135 Å². The summed E-state index contributed by atoms with van der Waals surface area (Å²) in [6.45, 7) is 4.74. The second kappa shape index (κ2) is 4.90. The van der Waals surface area contributed by atoms with E-state index in [0.29, 0.717) is 13.0 Å². The van der Waals surface area contributed by atoms with E-state index in [0.717, 1.165) is 19.3 Å². The standard InChI is InChI=1S/C17H23N3O3/c1-11-4-3-5-16(2)6-7-17(22)12(8-20-9-18-19-10-20)15(21)23-14(17)13(11)16/h9-10,12,14,22H,3-8H2,1-2H3/t12?,14-,16+,17+/m0/s1. The number of hydrogen-bond acceptors (Lipinski definition) is 5. The molecule has 1 unspecified atom stereocenters. The molecule has 0 spiro atoms. The van der Waals surface area contributed by atoms with Crippen molar-refractivity contribution >= 4 is 5.97 Å². The van der Waals surface area contributed by atoms with E-state index in [1.807, 2.05) is 0 Å². The Balaban J connectivity index is 1.72. The van der Waals surface area contributed by atoms with Crippen LogP contribution in [0.1, 0.15) is 46.0 Å². The van der Waals surface area contributed by atoms with Gasteiger partial charge in [-0.25, -0.2) is 0 Å². The van der Waals surface area contributed by atoms with E-state index >= 15 is 0 Å². The maximum Gasteiger partial charge on any atom is 0.314 e. The van der Waals surface area contributed by atoms with Crippen molar-refractivity contribution in [2.45, 2.75) is 64.2 Å². The Hall–Kier alpha value is -1.69. The second-order valence-corrected chi connectivity index (χ2v) is 7.63. The summed E-state index contributed by atoms with van der Waals surface area (Å²) in [5.41, 5.74) is 1.41. The fraction of sp³-hybridized carbons (Fsp3) is 0.706. The summed E-state index contributed by atoms with van der Waals surface area (Å²) in [5, 5.41) is 18.9. The van der Waals surface area contributed by atoms with E-state index in [9.17, 15) is 9.90 Å². The first-order valence-corrected chi connectivity index (χ1v) is 8.39. The summed E-state index contributed by atoms with van der Waals surface area (Å²) in [7, 11) is 0. The SMILES string of the molecule is CC1=C2[C@@H]3OC(=O)C(Cn4cnnc4)[C@]3(O)CC[C@@]2(C)CCC1. The minimum atomic E-state index is -1.12. The molecule has 2 aliphatic carbocycles. The van der Waals surface area contributed by atoms with E-state index < -0.39 is 17.6 Å². The predicted octanol–water partition coefficient (Wildman–Crippen LogP) is 1.85.